The molecule has 1 aliphatic carbocycles. The molecular weight excluding hydrogens is 334 g/mol. The Morgan fingerprint density at radius 2 is 2.00 bits per heavy atom. The maximum atomic E-state index is 12.4. The summed E-state index contributed by atoms with van der Waals surface area (Å²) in [5.74, 6) is -0.839. The van der Waals surface area contributed by atoms with Crippen LogP contribution < -0.4 is 21.7 Å². The van der Waals surface area contributed by atoms with Gasteiger partial charge in [-0.15, -0.1) is 0 Å². The van der Waals surface area contributed by atoms with Crippen molar-refractivity contribution in [1.29, 1.82) is 0 Å². The van der Waals surface area contributed by atoms with Gasteiger partial charge in [0.15, 0.2) is 0 Å². The predicted molar refractivity (Wildman–Crippen MR) is 98.6 cm³/mol. The molecule has 138 valence electrons. The lowest BCUT2D eigenvalue weighted by molar-refractivity contribution is -0.131. The van der Waals surface area contributed by atoms with Crippen molar-refractivity contribution >= 4 is 30.1 Å². The van der Waals surface area contributed by atoms with E-state index >= 15 is 0 Å². The minimum Gasteiger partial charge on any atom is -0.404 e. The Hall–Kier alpha value is -3.16. The zero-order valence-electron chi connectivity index (χ0n) is 14.6. The average Bonchev–Trinajstić information content (AvgIpc) is 3.51. The molecule has 1 aromatic carbocycles. The van der Waals surface area contributed by atoms with E-state index in [0.29, 0.717) is 12.1 Å². The van der Waals surface area contributed by atoms with Gasteiger partial charge in [-0.1, -0.05) is 18.2 Å². The summed E-state index contributed by atoms with van der Waals surface area (Å²) in [6.45, 7) is -0.0363. The molecule has 1 aromatic rings. The lowest BCUT2D eigenvalue weighted by Gasteiger charge is -2.31. The molecule has 0 heterocycles. The van der Waals surface area contributed by atoms with Crippen LogP contribution in [0.5, 0.6) is 0 Å². The van der Waals surface area contributed by atoms with Crippen LogP contribution in [-0.2, 0) is 14.4 Å². The van der Waals surface area contributed by atoms with E-state index in [-0.39, 0.29) is 23.9 Å². The fourth-order valence-electron chi connectivity index (χ4n) is 2.71. The Bertz CT molecular complexity index is 713. The van der Waals surface area contributed by atoms with Crippen molar-refractivity contribution in [2.24, 2.45) is 16.6 Å². The van der Waals surface area contributed by atoms with E-state index < -0.39 is 11.4 Å². The standard InChI is InChI=1S/C18H23N5O3/c1-20-17(26)18(23-12-24,14-7-8-14)11-22-16(25)13(9-19)10-21-15-5-3-2-4-6-15/h2-6,9-10,12,14H,7-8,11,19H2,1H3,(H,20,26)(H,22,25)(H,23,24). The van der Waals surface area contributed by atoms with Gasteiger partial charge in [-0.25, -0.2) is 0 Å². The summed E-state index contributed by atoms with van der Waals surface area (Å²) in [6, 6.07) is 9.11. The first-order valence-corrected chi connectivity index (χ1v) is 8.30. The van der Waals surface area contributed by atoms with Gasteiger partial charge in [0.05, 0.1) is 17.8 Å². The summed E-state index contributed by atoms with van der Waals surface area (Å²) in [6.07, 6.45) is 4.60. The van der Waals surface area contributed by atoms with E-state index in [4.69, 9.17) is 5.73 Å². The summed E-state index contributed by atoms with van der Waals surface area (Å²) in [4.78, 5) is 39.9. The molecule has 0 spiro atoms. The van der Waals surface area contributed by atoms with Crippen LogP contribution in [0.2, 0.25) is 0 Å². The van der Waals surface area contributed by atoms with E-state index in [9.17, 15) is 14.4 Å². The summed E-state index contributed by atoms with van der Waals surface area (Å²) in [5, 5.41) is 7.81. The van der Waals surface area contributed by atoms with Gasteiger partial charge in [-0.05, 0) is 30.9 Å². The molecule has 3 amide bonds. The number of carbonyl (C=O) groups is 3. The number of nitrogens with one attached hydrogen (secondary N) is 3. The second-order valence-electron chi connectivity index (χ2n) is 5.99. The number of rotatable bonds is 9. The number of carbonyl (C=O) groups excluding carboxylic acids is 3. The molecule has 5 N–H and O–H groups in total. The first kappa shape index (κ1) is 19.2. The number of para-hydroxylation sites is 1. The van der Waals surface area contributed by atoms with Crippen molar-refractivity contribution < 1.29 is 14.4 Å². The highest BCUT2D eigenvalue weighted by molar-refractivity contribution is 6.12. The zero-order valence-corrected chi connectivity index (χ0v) is 14.6. The second kappa shape index (κ2) is 8.80. The summed E-state index contributed by atoms with van der Waals surface area (Å²) in [7, 11) is 1.49. The third kappa shape index (κ3) is 4.47. The van der Waals surface area contributed by atoms with E-state index in [1.54, 1.807) is 12.1 Å². The van der Waals surface area contributed by atoms with Crippen LogP contribution in [0.25, 0.3) is 0 Å². The Kier molecular flexibility index (Phi) is 6.48. The minimum atomic E-state index is -1.16. The van der Waals surface area contributed by atoms with E-state index in [1.165, 1.54) is 13.3 Å². The van der Waals surface area contributed by atoms with Crippen molar-refractivity contribution in [3.8, 4) is 0 Å². The van der Waals surface area contributed by atoms with Gasteiger partial charge in [0.2, 0.25) is 12.3 Å². The number of hydrogen-bond donors (Lipinski definition) is 4. The molecule has 8 nitrogen and oxygen atoms in total. The van der Waals surface area contributed by atoms with E-state index in [2.05, 4.69) is 20.9 Å². The highest BCUT2D eigenvalue weighted by Crippen LogP contribution is 2.39. The highest BCUT2D eigenvalue weighted by Gasteiger charge is 2.50. The number of likely N-dealkylation sites (N-methyl/N-ethyl adjacent to an activating group) is 1. The summed E-state index contributed by atoms with van der Waals surface area (Å²) < 4.78 is 0. The number of aliphatic imine (C=N–C) groups is 1. The first-order valence-electron chi connectivity index (χ1n) is 8.30. The Balaban J connectivity index is 2.07. The van der Waals surface area contributed by atoms with Crippen molar-refractivity contribution in [2.75, 3.05) is 13.6 Å². The van der Waals surface area contributed by atoms with Crippen LogP contribution in [0.3, 0.4) is 0 Å². The fraction of sp³-hybridized carbons (Fsp3) is 0.333. The first-order chi connectivity index (χ1) is 12.6. The normalized spacial score (nSPS) is 16.6. The van der Waals surface area contributed by atoms with Crippen LogP contribution in [-0.4, -0.2) is 43.6 Å². The molecule has 1 atom stereocenters. The molecule has 26 heavy (non-hydrogen) atoms. The topological polar surface area (TPSA) is 126 Å². The molecule has 0 saturated heterocycles. The lowest BCUT2D eigenvalue weighted by atomic mass is 9.91. The third-order valence-corrected chi connectivity index (χ3v) is 4.30. The SMILES string of the molecule is CNC(=O)C(CNC(=O)C(C=Nc1ccccc1)=CN)(NC=O)C1CC1. The Morgan fingerprint density at radius 3 is 2.54 bits per heavy atom. The van der Waals surface area contributed by atoms with Crippen LogP contribution >= 0.6 is 0 Å². The number of nitrogens with zero attached hydrogens (tertiary/aromatic N) is 1. The molecule has 1 aliphatic rings. The molecular formula is C18H23N5O3. The second-order valence-corrected chi connectivity index (χ2v) is 5.99. The summed E-state index contributed by atoms with van der Waals surface area (Å²) in [5.41, 5.74) is 5.20. The van der Waals surface area contributed by atoms with Gasteiger partial charge in [0.25, 0.3) is 5.91 Å². The zero-order chi connectivity index (χ0) is 19.0. The van der Waals surface area contributed by atoms with Crippen LogP contribution in [0.1, 0.15) is 12.8 Å². The minimum absolute atomic E-state index is 0.0174. The maximum absolute atomic E-state index is 12.4. The van der Waals surface area contributed by atoms with Gasteiger partial charge in [0, 0.05) is 19.5 Å². The summed E-state index contributed by atoms with van der Waals surface area (Å²) >= 11 is 0. The number of amides is 3. The largest absolute Gasteiger partial charge is 0.404 e. The van der Waals surface area contributed by atoms with Crippen LogP contribution in [0.15, 0.2) is 47.1 Å². The van der Waals surface area contributed by atoms with Crippen LogP contribution in [0, 0.1) is 5.92 Å². The van der Waals surface area contributed by atoms with Crippen molar-refractivity contribution in [3.63, 3.8) is 0 Å². The quantitative estimate of drug-likeness (QED) is 0.282. The molecule has 0 aromatic heterocycles. The highest BCUT2D eigenvalue weighted by atomic mass is 16.2. The van der Waals surface area contributed by atoms with Crippen molar-refractivity contribution in [1.82, 2.24) is 16.0 Å². The van der Waals surface area contributed by atoms with Gasteiger partial charge >= 0.3 is 0 Å². The molecule has 1 saturated carbocycles. The fourth-order valence-corrected chi connectivity index (χ4v) is 2.71. The molecule has 8 heteroatoms. The lowest BCUT2D eigenvalue weighted by Crippen LogP contribution is -2.63. The Morgan fingerprint density at radius 1 is 1.31 bits per heavy atom. The number of hydrogen-bond acceptors (Lipinski definition) is 5. The third-order valence-electron chi connectivity index (χ3n) is 4.30. The number of benzene rings is 1. The average molecular weight is 357 g/mol. The van der Waals surface area contributed by atoms with Gasteiger partial charge in [-0.3, -0.25) is 19.4 Å². The predicted octanol–water partition coefficient (Wildman–Crippen LogP) is -0.0115. The monoisotopic (exact) mass is 357 g/mol. The maximum Gasteiger partial charge on any atom is 0.254 e. The van der Waals surface area contributed by atoms with Gasteiger partial charge in [0.1, 0.15) is 5.54 Å². The molecule has 0 bridgehead atoms. The molecule has 1 fully saturated rings. The van der Waals surface area contributed by atoms with E-state index in [0.717, 1.165) is 19.0 Å². The number of nitrogens with two attached hydrogens (primary N) is 1. The van der Waals surface area contributed by atoms with Crippen LogP contribution in [0.4, 0.5) is 5.69 Å². The Labute approximate surface area is 151 Å². The molecule has 0 radical (unpaired) electrons. The molecule has 2 rings (SSSR count). The smallest absolute Gasteiger partial charge is 0.254 e. The van der Waals surface area contributed by atoms with E-state index in [1.807, 2.05) is 18.2 Å². The van der Waals surface area contributed by atoms with Gasteiger partial charge in [-0.2, -0.15) is 0 Å². The molecule has 0 aliphatic heterocycles. The van der Waals surface area contributed by atoms with Crippen molar-refractivity contribution in [2.45, 2.75) is 18.4 Å². The molecule has 1 unspecified atom stereocenters. The van der Waals surface area contributed by atoms with Gasteiger partial charge < -0.3 is 21.7 Å². The van der Waals surface area contributed by atoms with Crippen molar-refractivity contribution in [3.05, 3.63) is 42.1 Å².